The number of benzene rings is 1. The SMILES string of the molecule is CN=C(NCc1ccc(C)s1)NCc1ccccc1OCC(F)(F)F. The van der Waals surface area contributed by atoms with Crippen LogP contribution < -0.4 is 15.4 Å². The van der Waals surface area contributed by atoms with Gasteiger partial charge in [-0.05, 0) is 25.1 Å². The molecule has 2 rings (SSSR count). The van der Waals surface area contributed by atoms with E-state index in [-0.39, 0.29) is 5.75 Å². The van der Waals surface area contributed by atoms with Gasteiger partial charge in [-0.15, -0.1) is 11.3 Å². The van der Waals surface area contributed by atoms with Crippen LogP contribution in [0.25, 0.3) is 0 Å². The summed E-state index contributed by atoms with van der Waals surface area (Å²) in [7, 11) is 1.64. The molecule has 136 valence electrons. The van der Waals surface area contributed by atoms with E-state index in [1.165, 1.54) is 15.8 Å². The van der Waals surface area contributed by atoms with Crippen LogP contribution in [-0.2, 0) is 13.1 Å². The van der Waals surface area contributed by atoms with Gasteiger partial charge in [0.2, 0.25) is 0 Å². The molecule has 0 aliphatic carbocycles. The molecule has 0 unspecified atom stereocenters. The molecule has 1 heterocycles. The predicted octanol–water partition coefficient (Wildman–Crippen LogP) is 3.86. The molecular formula is C17H20F3N3OS. The summed E-state index contributed by atoms with van der Waals surface area (Å²) < 4.78 is 41.9. The van der Waals surface area contributed by atoms with E-state index >= 15 is 0 Å². The van der Waals surface area contributed by atoms with Gasteiger partial charge in [-0.3, -0.25) is 4.99 Å². The van der Waals surface area contributed by atoms with E-state index in [0.717, 1.165) is 0 Å². The average molecular weight is 371 g/mol. The molecule has 0 bridgehead atoms. The number of aliphatic imine (C=N–C) groups is 1. The third kappa shape index (κ3) is 6.66. The highest BCUT2D eigenvalue weighted by Crippen LogP contribution is 2.22. The third-order valence-corrected chi connectivity index (χ3v) is 4.26. The van der Waals surface area contributed by atoms with Crippen molar-refractivity contribution in [3.8, 4) is 5.75 Å². The van der Waals surface area contributed by atoms with Crippen LogP contribution in [0.15, 0.2) is 41.4 Å². The minimum Gasteiger partial charge on any atom is -0.484 e. The number of hydrogen-bond acceptors (Lipinski definition) is 3. The topological polar surface area (TPSA) is 45.7 Å². The van der Waals surface area contributed by atoms with E-state index in [9.17, 15) is 13.2 Å². The molecule has 1 aromatic heterocycles. The van der Waals surface area contributed by atoms with Crippen LogP contribution in [-0.4, -0.2) is 25.8 Å². The molecule has 25 heavy (non-hydrogen) atoms. The third-order valence-electron chi connectivity index (χ3n) is 3.26. The largest absolute Gasteiger partial charge is 0.484 e. The van der Waals surface area contributed by atoms with E-state index in [1.54, 1.807) is 36.6 Å². The summed E-state index contributed by atoms with van der Waals surface area (Å²) in [5.74, 6) is 0.772. The number of aryl methyl sites for hydroxylation is 1. The number of ether oxygens (including phenoxy) is 1. The second kappa shape index (κ2) is 8.75. The van der Waals surface area contributed by atoms with Crippen LogP contribution in [0.2, 0.25) is 0 Å². The Kier molecular flexibility index (Phi) is 6.69. The Hall–Kier alpha value is -2.22. The van der Waals surface area contributed by atoms with Gasteiger partial charge in [-0.25, -0.2) is 0 Å². The molecule has 0 aliphatic heterocycles. The normalized spacial score (nSPS) is 12.1. The fourth-order valence-corrected chi connectivity index (χ4v) is 2.93. The van der Waals surface area contributed by atoms with E-state index in [1.807, 2.05) is 19.1 Å². The first-order chi connectivity index (χ1) is 11.9. The summed E-state index contributed by atoms with van der Waals surface area (Å²) in [6.07, 6.45) is -4.36. The van der Waals surface area contributed by atoms with E-state index in [2.05, 4.69) is 15.6 Å². The van der Waals surface area contributed by atoms with Crippen LogP contribution >= 0.6 is 11.3 Å². The molecular weight excluding hydrogens is 351 g/mol. The van der Waals surface area contributed by atoms with Crippen LogP contribution in [0.4, 0.5) is 13.2 Å². The number of hydrogen-bond donors (Lipinski definition) is 2. The van der Waals surface area contributed by atoms with Crippen molar-refractivity contribution in [3.63, 3.8) is 0 Å². The Morgan fingerprint density at radius 3 is 2.48 bits per heavy atom. The summed E-state index contributed by atoms with van der Waals surface area (Å²) in [5.41, 5.74) is 0.627. The highest BCUT2D eigenvalue weighted by Gasteiger charge is 2.28. The highest BCUT2D eigenvalue weighted by molar-refractivity contribution is 7.11. The maximum Gasteiger partial charge on any atom is 0.422 e. The fraction of sp³-hybridized carbons (Fsp3) is 0.353. The average Bonchev–Trinajstić information content (AvgIpc) is 2.98. The van der Waals surface area contributed by atoms with Gasteiger partial charge in [-0.1, -0.05) is 18.2 Å². The molecule has 0 saturated heterocycles. The number of halogens is 3. The number of rotatable bonds is 6. The lowest BCUT2D eigenvalue weighted by atomic mass is 10.2. The van der Waals surface area contributed by atoms with Gasteiger partial charge in [-0.2, -0.15) is 13.2 Å². The lowest BCUT2D eigenvalue weighted by Gasteiger charge is -2.15. The van der Waals surface area contributed by atoms with Gasteiger partial charge < -0.3 is 15.4 Å². The minimum atomic E-state index is -4.36. The van der Waals surface area contributed by atoms with Crippen molar-refractivity contribution in [2.45, 2.75) is 26.2 Å². The smallest absolute Gasteiger partial charge is 0.422 e. The van der Waals surface area contributed by atoms with Crippen LogP contribution in [0.3, 0.4) is 0 Å². The summed E-state index contributed by atoms with van der Waals surface area (Å²) in [6.45, 7) is 1.66. The molecule has 0 spiro atoms. The monoisotopic (exact) mass is 371 g/mol. The molecule has 0 radical (unpaired) electrons. The maximum absolute atomic E-state index is 12.3. The van der Waals surface area contributed by atoms with Crippen molar-refractivity contribution in [1.29, 1.82) is 0 Å². The zero-order valence-corrected chi connectivity index (χ0v) is 14.8. The Labute approximate surface area is 148 Å². The molecule has 0 aliphatic rings. The summed E-state index contributed by atoms with van der Waals surface area (Å²) in [5, 5.41) is 6.26. The van der Waals surface area contributed by atoms with E-state index < -0.39 is 12.8 Å². The highest BCUT2D eigenvalue weighted by atomic mass is 32.1. The van der Waals surface area contributed by atoms with Crippen molar-refractivity contribution in [2.75, 3.05) is 13.7 Å². The summed E-state index contributed by atoms with van der Waals surface area (Å²) in [4.78, 5) is 6.53. The number of guanidine groups is 1. The number of nitrogens with one attached hydrogen (secondary N) is 2. The van der Waals surface area contributed by atoms with Crippen LogP contribution in [0.5, 0.6) is 5.75 Å². The van der Waals surface area contributed by atoms with Crippen molar-refractivity contribution in [3.05, 3.63) is 51.7 Å². The van der Waals surface area contributed by atoms with Gasteiger partial charge in [0.25, 0.3) is 0 Å². The number of para-hydroxylation sites is 1. The van der Waals surface area contributed by atoms with Gasteiger partial charge in [0.1, 0.15) is 5.75 Å². The number of thiophene rings is 1. The zero-order chi connectivity index (χ0) is 18.3. The van der Waals surface area contributed by atoms with Crippen molar-refractivity contribution < 1.29 is 17.9 Å². The molecule has 1 aromatic carbocycles. The van der Waals surface area contributed by atoms with Gasteiger partial charge >= 0.3 is 6.18 Å². The molecule has 0 saturated carbocycles. The minimum absolute atomic E-state index is 0.205. The number of nitrogens with zero attached hydrogens (tertiary/aromatic N) is 1. The van der Waals surface area contributed by atoms with Crippen LogP contribution in [0, 0.1) is 6.92 Å². The lowest BCUT2D eigenvalue weighted by molar-refractivity contribution is -0.153. The van der Waals surface area contributed by atoms with Gasteiger partial charge in [0.15, 0.2) is 12.6 Å². The second-order valence-corrected chi connectivity index (χ2v) is 6.68. The first-order valence-electron chi connectivity index (χ1n) is 7.64. The summed E-state index contributed by atoms with van der Waals surface area (Å²) >= 11 is 1.69. The lowest BCUT2D eigenvalue weighted by Crippen LogP contribution is -2.36. The van der Waals surface area contributed by atoms with Crippen molar-refractivity contribution in [2.24, 2.45) is 4.99 Å². The Morgan fingerprint density at radius 1 is 1.12 bits per heavy atom. The van der Waals surface area contributed by atoms with Gasteiger partial charge in [0.05, 0.1) is 6.54 Å². The molecule has 0 fully saturated rings. The molecule has 0 amide bonds. The molecule has 8 heteroatoms. The number of alkyl halides is 3. The van der Waals surface area contributed by atoms with Crippen LogP contribution in [0.1, 0.15) is 15.3 Å². The first kappa shape index (κ1) is 19.1. The molecule has 2 N–H and O–H groups in total. The molecule has 4 nitrogen and oxygen atoms in total. The Morgan fingerprint density at radius 2 is 1.84 bits per heavy atom. The molecule has 0 atom stereocenters. The standard InChI is InChI=1S/C17H20F3N3OS/c1-12-7-8-14(25-12)10-23-16(21-2)22-9-13-5-3-4-6-15(13)24-11-17(18,19)20/h3-8H,9-11H2,1-2H3,(H2,21,22,23). The van der Waals surface area contributed by atoms with E-state index in [0.29, 0.717) is 24.6 Å². The van der Waals surface area contributed by atoms with Crippen molar-refractivity contribution in [1.82, 2.24) is 10.6 Å². The summed E-state index contributed by atoms with van der Waals surface area (Å²) in [6, 6.07) is 10.7. The maximum atomic E-state index is 12.3. The first-order valence-corrected chi connectivity index (χ1v) is 8.46. The van der Waals surface area contributed by atoms with Crippen molar-refractivity contribution >= 4 is 17.3 Å². The van der Waals surface area contributed by atoms with Gasteiger partial charge in [0, 0.05) is 28.9 Å². The predicted molar refractivity (Wildman–Crippen MR) is 94.1 cm³/mol. The molecule has 2 aromatic rings. The Balaban J connectivity index is 1.90. The second-order valence-electron chi connectivity index (χ2n) is 5.30. The van der Waals surface area contributed by atoms with E-state index in [4.69, 9.17) is 4.74 Å². The quantitative estimate of drug-likeness (QED) is 0.599. The zero-order valence-electron chi connectivity index (χ0n) is 14.0. The Bertz CT molecular complexity index is 713. The fourth-order valence-electron chi connectivity index (χ4n) is 2.10.